The first kappa shape index (κ1) is 11.1. The van der Waals surface area contributed by atoms with Crippen molar-refractivity contribution in [3.63, 3.8) is 0 Å². The maximum absolute atomic E-state index is 11.0. The molecule has 1 aromatic heterocycles. The molecule has 8 heteroatoms. The van der Waals surface area contributed by atoms with E-state index in [-0.39, 0.29) is 10.2 Å². The van der Waals surface area contributed by atoms with Gasteiger partial charge in [-0.2, -0.15) is 0 Å². The Labute approximate surface area is 88.0 Å². The molecule has 1 N–H and O–H groups in total. The van der Waals surface area contributed by atoms with Crippen molar-refractivity contribution in [1.82, 2.24) is 9.97 Å². The first-order chi connectivity index (χ1) is 6.32. The van der Waals surface area contributed by atoms with Gasteiger partial charge >= 0.3 is 5.97 Å². The van der Waals surface area contributed by atoms with Crippen molar-refractivity contribution in [1.29, 1.82) is 0 Å². The summed E-state index contributed by atoms with van der Waals surface area (Å²) in [5, 5.41) is 8.14. The number of nitrogens with zero attached hydrogens (tertiary/aromatic N) is 2. The first-order valence-corrected chi connectivity index (χ1v) is 5.96. The number of rotatable bonds is 2. The molecule has 14 heavy (non-hydrogen) atoms. The van der Waals surface area contributed by atoms with Gasteiger partial charge in [-0.05, 0) is 15.9 Å². The Morgan fingerprint density at radius 3 is 2.57 bits per heavy atom. The Hall–Kier alpha value is -1.02. The molecule has 1 aromatic rings. The zero-order valence-electron chi connectivity index (χ0n) is 6.93. The molecule has 0 bridgehead atoms. The van der Waals surface area contributed by atoms with E-state index in [0.717, 1.165) is 12.5 Å². The van der Waals surface area contributed by atoms with Gasteiger partial charge in [-0.25, -0.2) is 23.2 Å². The number of carboxylic acids is 1. The third kappa shape index (κ3) is 2.26. The van der Waals surface area contributed by atoms with Gasteiger partial charge in [0.05, 0.1) is 4.47 Å². The number of sulfone groups is 1. The Morgan fingerprint density at radius 2 is 2.14 bits per heavy atom. The molecule has 1 rings (SSSR count). The molecular formula is C6H5BrN2O4S. The van der Waals surface area contributed by atoms with Crippen molar-refractivity contribution in [2.45, 2.75) is 5.16 Å². The maximum atomic E-state index is 11.0. The number of aromatic carboxylic acids is 1. The van der Waals surface area contributed by atoms with Gasteiger partial charge in [0.25, 0.3) is 0 Å². The molecule has 0 saturated carbocycles. The number of carbonyl (C=O) groups is 1. The summed E-state index contributed by atoms with van der Waals surface area (Å²) in [6.45, 7) is 0. The van der Waals surface area contributed by atoms with E-state index in [4.69, 9.17) is 5.11 Å². The third-order valence-electron chi connectivity index (χ3n) is 1.26. The largest absolute Gasteiger partial charge is 0.476 e. The van der Waals surface area contributed by atoms with Crippen LogP contribution in [0.4, 0.5) is 0 Å². The van der Waals surface area contributed by atoms with Crippen LogP contribution in [0.15, 0.2) is 15.8 Å². The Morgan fingerprint density at radius 1 is 1.57 bits per heavy atom. The Balaban J connectivity index is 3.42. The number of halogens is 1. The molecule has 0 fully saturated rings. The Kier molecular flexibility index (Phi) is 2.86. The SMILES string of the molecule is CS(=O)(=O)c1ncc(Br)c(C(=O)O)n1. The first-order valence-electron chi connectivity index (χ1n) is 3.28. The highest BCUT2D eigenvalue weighted by atomic mass is 79.9. The normalized spacial score (nSPS) is 11.3. The average molecular weight is 281 g/mol. The molecule has 0 aliphatic carbocycles. The van der Waals surface area contributed by atoms with Crippen LogP contribution in [0.5, 0.6) is 0 Å². The van der Waals surface area contributed by atoms with E-state index >= 15 is 0 Å². The van der Waals surface area contributed by atoms with Gasteiger partial charge in [0.2, 0.25) is 15.0 Å². The lowest BCUT2D eigenvalue weighted by Crippen LogP contribution is -2.10. The number of hydrogen-bond acceptors (Lipinski definition) is 5. The second-order valence-corrected chi connectivity index (χ2v) is 5.19. The molecule has 0 atom stereocenters. The van der Waals surface area contributed by atoms with Gasteiger partial charge in [-0.15, -0.1) is 0 Å². The minimum atomic E-state index is -3.58. The quantitative estimate of drug-likeness (QED) is 0.785. The highest BCUT2D eigenvalue weighted by Crippen LogP contribution is 2.14. The van der Waals surface area contributed by atoms with Crippen LogP contribution in [0.25, 0.3) is 0 Å². The van der Waals surface area contributed by atoms with E-state index in [2.05, 4.69) is 25.9 Å². The van der Waals surface area contributed by atoms with E-state index in [0.29, 0.717) is 0 Å². The van der Waals surface area contributed by atoms with Crippen LogP contribution in [0, 0.1) is 0 Å². The van der Waals surface area contributed by atoms with Gasteiger partial charge in [0.1, 0.15) is 0 Å². The van der Waals surface area contributed by atoms with Crippen LogP contribution in [-0.4, -0.2) is 35.7 Å². The van der Waals surface area contributed by atoms with Crippen LogP contribution in [0.3, 0.4) is 0 Å². The lowest BCUT2D eigenvalue weighted by atomic mass is 10.4. The number of aromatic nitrogens is 2. The molecule has 0 spiro atoms. The molecule has 0 aliphatic heterocycles. The third-order valence-corrected chi connectivity index (χ3v) is 2.70. The average Bonchev–Trinajstić information content (AvgIpc) is 2.02. The highest BCUT2D eigenvalue weighted by Gasteiger charge is 2.17. The van der Waals surface area contributed by atoms with Crippen molar-refractivity contribution in [3.05, 3.63) is 16.4 Å². The summed E-state index contributed by atoms with van der Waals surface area (Å²) in [6.07, 6.45) is 1.99. The van der Waals surface area contributed by atoms with Crippen molar-refractivity contribution in [2.24, 2.45) is 0 Å². The topological polar surface area (TPSA) is 97.2 Å². The van der Waals surface area contributed by atoms with E-state index in [1.165, 1.54) is 0 Å². The highest BCUT2D eigenvalue weighted by molar-refractivity contribution is 9.10. The van der Waals surface area contributed by atoms with E-state index < -0.39 is 21.0 Å². The Bertz CT molecular complexity index is 485. The zero-order chi connectivity index (χ0) is 10.9. The molecule has 0 saturated heterocycles. The van der Waals surface area contributed by atoms with Gasteiger partial charge in [0, 0.05) is 12.5 Å². The number of hydrogen-bond donors (Lipinski definition) is 1. The van der Waals surface area contributed by atoms with E-state index in [1.54, 1.807) is 0 Å². The van der Waals surface area contributed by atoms with Crippen molar-refractivity contribution in [2.75, 3.05) is 6.26 Å². The predicted octanol–water partition coefficient (Wildman–Crippen LogP) is 0.341. The minimum Gasteiger partial charge on any atom is -0.476 e. The van der Waals surface area contributed by atoms with Crippen LogP contribution in [-0.2, 0) is 9.84 Å². The summed E-state index contributed by atoms with van der Waals surface area (Å²) in [7, 11) is -3.58. The zero-order valence-corrected chi connectivity index (χ0v) is 9.33. The molecule has 0 radical (unpaired) electrons. The lowest BCUT2D eigenvalue weighted by molar-refractivity contribution is 0.0688. The fourth-order valence-electron chi connectivity index (χ4n) is 0.680. The van der Waals surface area contributed by atoms with Crippen LogP contribution < -0.4 is 0 Å². The summed E-state index contributed by atoms with van der Waals surface area (Å²) >= 11 is 2.90. The molecular weight excluding hydrogens is 276 g/mol. The summed E-state index contributed by atoms with van der Waals surface area (Å²) in [6, 6.07) is 0. The van der Waals surface area contributed by atoms with Crippen molar-refractivity contribution >= 4 is 31.7 Å². The number of carboxylic acid groups (broad SMARTS) is 1. The van der Waals surface area contributed by atoms with Crippen LogP contribution >= 0.6 is 15.9 Å². The van der Waals surface area contributed by atoms with Gasteiger partial charge in [0.15, 0.2) is 5.69 Å². The predicted molar refractivity (Wildman–Crippen MR) is 49.8 cm³/mol. The second kappa shape index (κ2) is 3.62. The van der Waals surface area contributed by atoms with Gasteiger partial charge in [-0.1, -0.05) is 0 Å². The van der Waals surface area contributed by atoms with Crippen LogP contribution in [0.2, 0.25) is 0 Å². The monoisotopic (exact) mass is 280 g/mol. The summed E-state index contributed by atoms with van der Waals surface area (Å²) < 4.78 is 22.1. The van der Waals surface area contributed by atoms with Crippen molar-refractivity contribution < 1.29 is 18.3 Å². The standard InChI is InChI=1S/C6H5BrN2O4S/c1-14(12,13)6-8-2-3(7)4(9-6)5(10)11/h2H,1H3,(H,10,11). The van der Waals surface area contributed by atoms with Crippen LogP contribution in [0.1, 0.15) is 10.5 Å². The molecule has 0 amide bonds. The molecule has 0 unspecified atom stereocenters. The lowest BCUT2D eigenvalue weighted by Gasteiger charge is -1.99. The fourth-order valence-corrected chi connectivity index (χ4v) is 1.54. The smallest absolute Gasteiger partial charge is 0.355 e. The summed E-state index contributed by atoms with van der Waals surface area (Å²) in [5.74, 6) is -1.32. The summed E-state index contributed by atoms with van der Waals surface area (Å²) in [4.78, 5) is 17.5. The molecule has 1 heterocycles. The molecule has 6 nitrogen and oxygen atoms in total. The van der Waals surface area contributed by atoms with Crippen molar-refractivity contribution in [3.8, 4) is 0 Å². The maximum Gasteiger partial charge on any atom is 0.355 e. The van der Waals surface area contributed by atoms with E-state index in [1.807, 2.05) is 0 Å². The summed E-state index contributed by atoms with van der Waals surface area (Å²) in [5.41, 5.74) is -0.375. The van der Waals surface area contributed by atoms with Gasteiger partial charge in [-0.3, -0.25) is 0 Å². The van der Waals surface area contributed by atoms with E-state index in [9.17, 15) is 13.2 Å². The molecule has 0 aliphatic rings. The fraction of sp³-hybridized carbons (Fsp3) is 0.167. The molecule has 76 valence electrons. The van der Waals surface area contributed by atoms with Gasteiger partial charge < -0.3 is 5.11 Å². The minimum absolute atomic E-state index is 0.136. The molecule has 0 aromatic carbocycles. The second-order valence-electron chi connectivity index (χ2n) is 2.43.